The molecule has 0 aromatic rings. The first-order valence-electron chi connectivity index (χ1n) is 20.6. The molecule has 0 amide bonds. The van der Waals surface area contributed by atoms with Crippen LogP contribution in [0.5, 0.6) is 0 Å². The molecule has 0 aromatic carbocycles. The molecule has 0 aliphatic heterocycles. The van der Waals surface area contributed by atoms with Gasteiger partial charge in [0.05, 0.1) is 13.2 Å². The van der Waals surface area contributed by atoms with Crippen molar-refractivity contribution < 1.29 is 24.2 Å². The molecule has 0 aliphatic carbocycles. The molecule has 0 rings (SSSR count). The fourth-order valence-electron chi connectivity index (χ4n) is 5.92. The summed E-state index contributed by atoms with van der Waals surface area (Å²) in [5.74, 6) is 0.347. The third kappa shape index (κ3) is 39.2. The lowest BCUT2D eigenvalue weighted by Crippen LogP contribution is -2.27. The Balaban J connectivity index is 0. The number of hydrogen-bond acceptors (Lipinski definition) is 6. The topological polar surface area (TPSA) is 76.1 Å². The summed E-state index contributed by atoms with van der Waals surface area (Å²) in [5.41, 5.74) is 0. The van der Waals surface area contributed by atoms with Gasteiger partial charge >= 0.3 is 11.9 Å². The number of unbranched alkanes of at least 4 members (excludes halogenated alkanes) is 17. The quantitative estimate of drug-likeness (QED) is 0.0534. The molecule has 0 spiro atoms. The van der Waals surface area contributed by atoms with Crippen LogP contribution in [0.15, 0.2) is 0 Å². The Bertz CT molecular complexity index is 623. The highest BCUT2D eigenvalue weighted by Gasteiger charge is 2.13. The average molecular weight is 670 g/mol. The van der Waals surface area contributed by atoms with Gasteiger partial charge in [0.1, 0.15) is 0 Å². The number of rotatable bonds is 35. The van der Waals surface area contributed by atoms with Crippen molar-refractivity contribution in [2.24, 2.45) is 5.92 Å². The van der Waals surface area contributed by atoms with Gasteiger partial charge in [0.2, 0.25) is 0 Å². The van der Waals surface area contributed by atoms with Gasteiger partial charge in [-0.05, 0) is 83.8 Å². The second-order valence-corrected chi connectivity index (χ2v) is 13.7. The molecule has 47 heavy (non-hydrogen) atoms. The molecule has 0 fully saturated rings. The smallest absolute Gasteiger partial charge is 0.305 e. The maximum Gasteiger partial charge on any atom is 0.305 e. The highest BCUT2D eigenvalue weighted by atomic mass is 16.5. The lowest BCUT2D eigenvalue weighted by molar-refractivity contribution is -0.145. The highest BCUT2D eigenvalue weighted by Crippen LogP contribution is 2.20. The maximum absolute atomic E-state index is 12.4. The summed E-state index contributed by atoms with van der Waals surface area (Å²) in [6.45, 7) is 14.9. The molecule has 0 saturated carbocycles. The molecule has 0 saturated heterocycles. The van der Waals surface area contributed by atoms with Gasteiger partial charge in [0, 0.05) is 19.4 Å². The first-order valence-corrected chi connectivity index (χ1v) is 20.6. The van der Waals surface area contributed by atoms with Crippen molar-refractivity contribution in [3.05, 3.63) is 0 Å². The standard InChI is InChI=1S/C32H63NO5.C9H20/c1-4-7-9-11-12-14-22-30(21-13-10-8-5-2)29-38-32(36)24-16-18-26-33(27-19-20-28-34)25-17-15-23-31(35)37-6-3;1-3-5-7-9-8-6-4-2/h30,34H,4-29H2,1-3H3;3-9H2,1-2H3. The number of nitrogens with zero attached hydrogens (tertiary/aromatic N) is 1. The van der Waals surface area contributed by atoms with Gasteiger partial charge in [-0.1, -0.05) is 137 Å². The monoisotopic (exact) mass is 670 g/mol. The van der Waals surface area contributed by atoms with E-state index < -0.39 is 0 Å². The summed E-state index contributed by atoms with van der Waals surface area (Å²) in [5, 5.41) is 9.11. The van der Waals surface area contributed by atoms with Crippen LogP contribution in [0.25, 0.3) is 0 Å². The van der Waals surface area contributed by atoms with E-state index >= 15 is 0 Å². The normalized spacial score (nSPS) is 11.7. The predicted octanol–water partition coefficient (Wildman–Crippen LogP) is 11.6. The van der Waals surface area contributed by atoms with Gasteiger partial charge in [-0.15, -0.1) is 0 Å². The summed E-state index contributed by atoms with van der Waals surface area (Å²) in [6.07, 6.45) is 31.6. The molecule has 0 aliphatic rings. The summed E-state index contributed by atoms with van der Waals surface area (Å²) < 4.78 is 10.7. The third-order valence-corrected chi connectivity index (χ3v) is 9.02. The minimum atomic E-state index is -0.118. The molecule has 0 bridgehead atoms. The number of esters is 2. The number of hydrogen-bond donors (Lipinski definition) is 1. The van der Waals surface area contributed by atoms with Gasteiger partial charge in [0.15, 0.2) is 0 Å². The van der Waals surface area contributed by atoms with Crippen LogP contribution in [-0.2, 0) is 19.1 Å². The molecule has 6 nitrogen and oxygen atoms in total. The first-order chi connectivity index (χ1) is 23.0. The Hall–Kier alpha value is -1.14. The fourth-order valence-corrected chi connectivity index (χ4v) is 5.92. The van der Waals surface area contributed by atoms with E-state index in [9.17, 15) is 9.59 Å². The zero-order valence-electron chi connectivity index (χ0n) is 32.4. The minimum absolute atomic E-state index is 0.0484. The van der Waals surface area contributed by atoms with Crippen molar-refractivity contribution in [3.8, 4) is 0 Å². The van der Waals surface area contributed by atoms with Crippen molar-refractivity contribution in [2.45, 2.75) is 208 Å². The van der Waals surface area contributed by atoms with E-state index in [0.717, 1.165) is 58.2 Å². The second-order valence-electron chi connectivity index (χ2n) is 13.7. The SMILES string of the molecule is CCCCCCCCC.CCCCCCCCC(CCCCCC)COC(=O)CCCCN(CCCCO)CCCCC(=O)OCC. The van der Waals surface area contributed by atoms with Crippen molar-refractivity contribution in [2.75, 3.05) is 39.5 Å². The molecular formula is C41H83NO5. The zero-order valence-corrected chi connectivity index (χ0v) is 32.4. The summed E-state index contributed by atoms with van der Waals surface area (Å²) in [7, 11) is 0. The molecule has 0 radical (unpaired) electrons. The van der Waals surface area contributed by atoms with E-state index in [0.29, 0.717) is 32.0 Å². The Morgan fingerprint density at radius 3 is 1.30 bits per heavy atom. The minimum Gasteiger partial charge on any atom is -0.466 e. The molecule has 1 unspecified atom stereocenters. The third-order valence-electron chi connectivity index (χ3n) is 9.02. The number of ether oxygens (including phenoxy) is 2. The number of aliphatic hydroxyl groups excluding tert-OH is 1. The molecule has 0 heterocycles. The molecule has 0 aromatic heterocycles. The van der Waals surface area contributed by atoms with Crippen LogP contribution >= 0.6 is 0 Å². The lowest BCUT2D eigenvalue weighted by Gasteiger charge is -2.22. The van der Waals surface area contributed by atoms with E-state index in [2.05, 4.69) is 32.6 Å². The summed E-state index contributed by atoms with van der Waals surface area (Å²) in [6, 6.07) is 0. The Labute approximate surface area is 293 Å². The molecule has 6 heteroatoms. The van der Waals surface area contributed by atoms with E-state index in [1.54, 1.807) is 0 Å². The Kier molecular flexibility index (Phi) is 41.9. The van der Waals surface area contributed by atoms with Crippen LogP contribution in [0.3, 0.4) is 0 Å². The van der Waals surface area contributed by atoms with E-state index in [-0.39, 0.29) is 18.5 Å². The van der Waals surface area contributed by atoms with E-state index in [1.165, 1.54) is 122 Å². The lowest BCUT2D eigenvalue weighted by atomic mass is 9.95. The second kappa shape index (κ2) is 41.0. The average Bonchev–Trinajstić information content (AvgIpc) is 3.07. The maximum atomic E-state index is 12.4. The largest absolute Gasteiger partial charge is 0.466 e. The number of aliphatic hydroxyl groups is 1. The van der Waals surface area contributed by atoms with E-state index in [4.69, 9.17) is 14.6 Å². The van der Waals surface area contributed by atoms with Gasteiger partial charge in [-0.3, -0.25) is 9.59 Å². The van der Waals surface area contributed by atoms with Crippen molar-refractivity contribution >= 4 is 11.9 Å². The van der Waals surface area contributed by atoms with Gasteiger partial charge in [-0.2, -0.15) is 0 Å². The van der Waals surface area contributed by atoms with E-state index in [1.807, 2.05) is 6.92 Å². The zero-order chi connectivity index (χ0) is 35.1. The Morgan fingerprint density at radius 2 is 0.872 bits per heavy atom. The van der Waals surface area contributed by atoms with Gasteiger partial charge in [0.25, 0.3) is 0 Å². The van der Waals surface area contributed by atoms with Crippen LogP contribution in [0.4, 0.5) is 0 Å². The van der Waals surface area contributed by atoms with Crippen LogP contribution in [0.1, 0.15) is 208 Å². The van der Waals surface area contributed by atoms with Gasteiger partial charge in [-0.25, -0.2) is 0 Å². The summed E-state index contributed by atoms with van der Waals surface area (Å²) >= 11 is 0. The van der Waals surface area contributed by atoms with Gasteiger partial charge < -0.3 is 19.5 Å². The van der Waals surface area contributed by atoms with Crippen LogP contribution in [0, 0.1) is 5.92 Å². The van der Waals surface area contributed by atoms with Crippen molar-refractivity contribution in [1.82, 2.24) is 4.90 Å². The first kappa shape index (κ1) is 48.0. The number of carbonyl (C=O) groups excluding carboxylic acids is 2. The molecule has 1 atom stereocenters. The Morgan fingerprint density at radius 1 is 0.489 bits per heavy atom. The fraction of sp³-hybridized carbons (Fsp3) is 0.951. The van der Waals surface area contributed by atoms with Crippen molar-refractivity contribution in [1.29, 1.82) is 0 Å². The van der Waals surface area contributed by atoms with Crippen LogP contribution in [0.2, 0.25) is 0 Å². The van der Waals surface area contributed by atoms with Crippen LogP contribution < -0.4 is 0 Å². The molecule has 282 valence electrons. The molecular weight excluding hydrogens is 586 g/mol. The molecule has 1 N–H and O–H groups in total. The predicted molar refractivity (Wildman–Crippen MR) is 202 cm³/mol. The summed E-state index contributed by atoms with van der Waals surface area (Å²) in [4.78, 5) is 26.4. The van der Waals surface area contributed by atoms with Crippen molar-refractivity contribution in [3.63, 3.8) is 0 Å². The number of carbonyl (C=O) groups is 2. The van der Waals surface area contributed by atoms with Crippen LogP contribution in [-0.4, -0.2) is 61.4 Å². The highest BCUT2D eigenvalue weighted by molar-refractivity contribution is 5.69.